The molecule has 0 amide bonds. The number of nitrogens with zero attached hydrogens (tertiary/aromatic N) is 2. The molecule has 1 aliphatic heterocycles. The second-order valence-corrected chi connectivity index (χ2v) is 11.8. The molecule has 1 N–H and O–H groups in total. The molecule has 3 rings (SSSR count). The Labute approximate surface area is 189 Å². The van der Waals surface area contributed by atoms with Gasteiger partial charge in [0.25, 0.3) is 10.0 Å². The molecule has 1 saturated heterocycles. The van der Waals surface area contributed by atoms with E-state index < -0.39 is 16.1 Å². The predicted octanol–water partition coefficient (Wildman–Crippen LogP) is 2.80. The molecule has 31 heavy (non-hydrogen) atoms. The number of thiophene rings is 1. The summed E-state index contributed by atoms with van der Waals surface area (Å²) in [6.07, 6.45) is -0.671. The van der Waals surface area contributed by atoms with Gasteiger partial charge in [0.2, 0.25) is 0 Å². The third-order valence-corrected chi connectivity index (χ3v) is 8.59. The van der Waals surface area contributed by atoms with Crippen LogP contribution >= 0.6 is 11.3 Å². The van der Waals surface area contributed by atoms with E-state index in [2.05, 4.69) is 25.7 Å². The Bertz CT molecular complexity index is 947. The molecule has 2 aromatic rings. The van der Waals surface area contributed by atoms with Gasteiger partial charge in [0.15, 0.2) is 0 Å². The van der Waals surface area contributed by atoms with Gasteiger partial charge in [-0.05, 0) is 35.1 Å². The van der Waals surface area contributed by atoms with E-state index in [4.69, 9.17) is 9.47 Å². The van der Waals surface area contributed by atoms with Crippen molar-refractivity contribution in [3.05, 3.63) is 41.3 Å². The number of aliphatic hydroxyl groups excluding tert-OH is 1. The third kappa shape index (κ3) is 5.98. The van der Waals surface area contributed by atoms with Gasteiger partial charge in [0.1, 0.15) is 28.4 Å². The largest absolute Gasteiger partial charge is 0.497 e. The number of benzene rings is 1. The van der Waals surface area contributed by atoms with Crippen molar-refractivity contribution in [1.29, 1.82) is 0 Å². The standard InChI is InChI=1S/C22H32N2O5S2/c1-22(2,3)19-14-18(28-4)7-8-20(19)29-16-17(25)15-23-9-11-24(12-10-23)31(26,27)21-6-5-13-30-21/h5-8,13-14,17,25H,9-12,15-16H2,1-4H3/t17-/m1/s1. The first-order valence-electron chi connectivity index (χ1n) is 10.4. The minimum absolute atomic E-state index is 0.126. The zero-order chi connectivity index (χ0) is 22.6. The number of piperazine rings is 1. The van der Waals surface area contributed by atoms with Crippen LogP contribution in [0.15, 0.2) is 39.9 Å². The highest BCUT2D eigenvalue weighted by Crippen LogP contribution is 2.34. The number of β-amino-alcohol motifs (C(OH)–C–C–N with tert-alkyl or cyclic N) is 1. The molecule has 9 heteroatoms. The smallest absolute Gasteiger partial charge is 0.252 e. The third-order valence-electron chi connectivity index (χ3n) is 5.32. The summed E-state index contributed by atoms with van der Waals surface area (Å²) in [6, 6.07) is 9.08. The normalized spacial score (nSPS) is 17.5. The molecule has 0 unspecified atom stereocenters. The van der Waals surface area contributed by atoms with Crippen LogP contribution in [0, 0.1) is 0 Å². The molecular formula is C22H32N2O5S2. The fourth-order valence-electron chi connectivity index (χ4n) is 3.57. The van der Waals surface area contributed by atoms with Crippen molar-refractivity contribution in [3.63, 3.8) is 0 Å². The van der Waals surface area contributed by atoms with Crippen molar-refractivity contribution < 1.29 is 23.0 Å². The number of methoxy groups -OCH3 is 1. The predicted molar refractivity (Wildman–Crippen MR) is 123 cm³/mol. The number of aliphatic hydroxyl groups is 1. The molecule has 0 saturated carbocycles. The van der Waals surface area contributed by atoms with Gasteiger partial charge >= 0.3 is 0 Å². The van der Waals surface area contributed by atoms with Crippen molar-refractivity contribution in [2.75, 3.05) is 46.4 Å². The minimum Gasteiger partial charge on any atom is -0.497 e. The van der Waals surface area contributed by atoms with Crippen molar-refractivity contribution in [2.45, 2.75) is 36.5 Å². The lowest BCUT2D eigenvalue weighted by Gasteiger charge is -2.34. The van der Waals surface area contributed by atoms with Crippen LogP contribution in [0.5, 0.6) is 11.5 Å². The molecule has 1 atom stereocenters. The molecular weight excluding hydrogens is 436 g/mol. The Hall–Kier alpha value is -1.65. The van der Waals surface area contributed by atoms with Gasteiger partial charge in [-0.15, -0.1) is 11.3 Å². The van der Waals surface area contributed by atoms with Crippen LogP contribution in [0.4, 0.5) is 0 Å². The number of hydrogen-bond donors (Lipinski definition) is 1. The second kappa shape index (κ2) is 9.87. The summed E-state index contributed by atoms with van der Waals surface area (Å²) in [5, 5.41) is 12.3. The Morgan fingerprint density at radius 3 is 2.45 bits per heavy atom. The van der Waals surface area contributed by atoms with Crippen LogP contribution in [0.2, 0.25) is 0 Å². The van der Waals surface area contributed by atoms with Crippen molar-refractivity contribution in [2.24, 2.45) is 0 Å². The highest BCUT2D eigenvalue weighted by atomic mass is 32.2. The summed E-state index contributed by atoms with van der Waals surface area (Å²) in [6.45, 7) is 8.92. The van der Waals surface area contributed by atoms with E-state index in [1.165, 1.54) is 15.6 Å². The second-order valence-electron chi connectivity index (χ2n) is 8.71. The molecule has 172 valence electrons. The lowest BCUT2D eigenvalue weighted by atomic mass is 9.86. The van der Waals surface area contributed by atoms with E-state index >= 15 is 0 Å². The fourth-order valence-corrected chi connectivity index (χ4v) is 6.14. The number of ether oxygens (including phenoxy) is 2. The first kappa shape index (κ1) is 24.0. The molecule has 2 heterocycles. The lowest BCUT2D eigenvalue weighted by Crippen LogP contribution is -2.50. The quantitative estimate of drug-likeness (QED) is 0.642. The van der Waals surface area contributed by atoms with Crippen LogP contribution in [-0.2, 0) is 15.4 Å². The van der Waals surface area contributed by atoms with Crippen molar-refractivity contribution in [3.8, 4) is 11.5 Å². The average molecular weight is 469 g/mol. The van der Waals surface area contributed by atoms with Gasteiger partial charge in [0, 0.05) is 38.3 Å². The van der Waals surface area contributed by atoms with Gasteiger partial charge in [-0.3, -0.25) is 4.90 Å². The summed E-state index contributed by atoms with van der Waals surface area (Å²) in [5.74, 6) is 1.51. The van der Waals surface area contributed by atoms with E-state index in [0.29, 0.717) is 36.9 Å². The van der Waals surface area contributed by atoms with Crippen molar-refractivity contribution >= 4 is 21.4 Å². The maximum atomic E-state index is 12.6. The average Bonchev–Trinajstić information content (AvgIpc) is 3.28. The van der Waals surface area contributed by atoms with E-state index in [9.17, 15) is 13.5 Å². The van der Waals surface area contributed by atoms with Gasteiger partial charge in [-0.2, -0.15) is 4.31 Å². The minimum atomic E-state index is -3.41. The van der Waals surface area contributed by atoms with Crippen LogP contribution < -0.4 is 9.47 Å². The molecule has 0 spiro atoms. The monoisotopic (exact) mass is 468 g/mol. The first-order valence-corrected chi connectivity index (χ1v) is 12.7. The zero-order valence-electron chi connectivity index (χ0n) is 18.6. The highest BCUT2D eigenvalue weighted by molar-refractivity contribution is 7.91. The summed E-state index contributed by atoms with van der Waals surface area (Å²) < 4.78 is 38.4. The molecule has 1 aromatic heterocycles. The van der Waals surface area contributed by atoms with Gasteiger partial charge in [-0.1, -0.05) is 26.8 Å². The number of hydrogen-bond acceptors (Lipinski definition) is 7. The summed E-state index contributed by atoms with van der Waals surface area (Å²) >= 11 is 1.24. The van der Waals surface area contributed by atoms with Crippen LogP contribution in [-0.4, -0.2) is 75.3 Å². The van der Waals surface area contributed by atoms with Crippen LogP contribution in [0.1, 0.15) is 26.3 Å². The van der Waals surface area contributed by atoms with Crippen LogP contribution in [0.3, 0.4) is 0 Å². The van der Waals surface area contributed by atoms with E-state index in [0.717, 1.165) is 17.1 Å². The molecule has 0 radical (unpaired) electrons. The summed E-state index contributed by atoms with van der Waals surface area (Å²) in [5.41, 5.74) is 0.894. The highest BCUT2D eigenvalue weighted by Gasteiger charge is 2.30. The maximum Gasteiger partial charge on any atom is 0.252 e. The zero-order valence-corrected chi connectivity index (χ0v) is 20.2. The maximum absolute atomic E-state index is 12.6. The topological polar surface area (TPSA) is 79.3 Å². The summed E-state index contributed by atoms with van der Waals surface area (Å²) in [7, 11) is -1.78. The fraction of sp³-hybridized carbons (Fsp3) is 0.545. The molecule has 0 aliphatic carbocycles. The van der Waals surface area contributed by atoms with Crippen molar-refractivity contribution in [1.82, 2.24) is 9.21 Å². The molecule has 0 bridgehead atoms. The Morgan fingerprint density at radius 2 is 1.87 bits per heavy atom. The Balaban J connectivity index is 1.52. The molecule has 1 aromatic carbocycles. The number of sulfonamides is 1. The van der Waals surface area contributed by atoms with Gasteiger partial charge in [0.05, 0.1) is 7.11 Å². The summed E-state index contributed by atoms with van der Waals surface area (Å²) in [4.78, 5) is 2.08. The van der Waals surface area contributed by atoms with Gasteiger partial charge in [-0.25, -0.2) is 8.42 Å². The number of rotatable bonds is 8. The Morgan fingerprint density at radius 1 is 1.16 bits per heavy atom. The SMILES string of the molecule is COc1ccc(OC[C@H](O)CN2CCN(S(=O)(=O)c3cccs3)CC2)c(C(C)(C)C)c1. The molecule has 1 fully saturated rings. The van der Waals surface area contributed by atoms with E-state index in [1.54, 1.807) is 24.6 Å². The molecule has 7 nitrogen and oxygen atoms in total. The van der Waals surface area contributed by atoms with E-state index in [1.807, 2.05) is 18.2 Å². The van der Waals surface area contributed by atoms with Crippen LogP contribution in [0.25, 0.3) is 0 Å². The first-order chi connectivity index (χ1) is 14.6. The lowest BCUT2D eigenvalue weighted by molar-refractivity contribution is 0.0563. The van der Waals surface area contributed by atoms with E-state index in [-0.39, 0.29) is 12.0 Å². The Kier molecular flexibility index (Phi) is 7.64. The van der Waals surface area contributed by atoms with Gasteiger partial charge < -0.3 is 14.6 Å². The molecule has 1 aliphatic rings.